The molecule has 2 aliphatic heterocycles. The van der Waals surface area contributed by atoms with Crippen molar-refractivity contribution in [3.05, 3.63) is 53.2 Å². The minimum Gasteiger partial charge on any atom is -0.481 e. The molecule has 0 bridgehead atoms. The van der Waals surface area contributed by atoms with Gasteiger partial charge in [0.15, 0.2) is 6.79 Å². The molecule has 1 saturated heterocycles. The van der Waals surface area contributed by atoms with Crippen molar-refractivity contribution in [1.82, 2.24) is 15.2 Å². The molecule has 0 radical (unpaired) electrons. The summed E-state index contributed by atoms with van der Waals surface area (Å²) in [6.45, 7) is 4.92. The van der Waals surface area contributed by atoms with Crippen LogP contribution in [0.2, 0.25) is 0 Å². The highest BCUT2D eigenvalue weighted by Crippen LogP contribution is 2.33. The summed E-state index contributed by atoms with van der Waals surface area (Å²) in [6, 6.07) is 10.6. The van der Waals surface area contributed by atoms with E-state index < -0.39 is 0 Å². The van der Waals surface area contributed by atoms with Gasteiger partial charge in [0.05, 0.1) is 19.8 Å². The van der Waals surface area contributed by atoms with E-state index >= 15 is 0 Å². The Labute approximate surface area is 147 Å². The minimum absolute atomic E-state index is 0.160. The molecular weight excluding hydrogens is 318 g/mol. The van der Waals surface area contributed by atoms with Gasteiger partial charge in [0.1, 0.15) is 5.75 Å². The van der Waals surface area contributed by atoms with E-state index in [-0.39, 0.29) is 6.04 Å². The van der Waals surface area contributed by atoms with Gasteiger partial charge in [-0.15, -0.1) is 0 Å². The van der Waals surface area contributed by atoms with Gasteiger partial charge < -0.3 is 19.5 Å². The fourth-order valence-corrected chi connectivity index (χ4v) is 3.51. The third kappa shape index (κ3) is 3.46. The van der Waals surface area contributed by atoms with Crippen molar-refractivity contribution in [2.45, 2.75) is 12.6 Å². The summed E-state index contributed by atoms with van der Waals surface area (Å²) in [6.07, 6.45) is 1.91. The van der Waals surface area contributed by atoms with Crippen molar-refractivity contribution in [3.8, 4) is 11.6 Å². The van der Waals surface area contributed by atoms with Crippen LogP contribution in [0, 0.1) is 0 Å². The second kappa shape index (κ2) is 7.39. The van der Waals surface area contributed by atoms with Crippen LogP contribution in [0.15, 0.2) is 36.5 Å². The first-order valence-electron chi connectivity index (χ1n) is 8.63. The Morgan fingerprint density at radius 1 is 1.16 bits per heavy atom. The predicted molar refractivity (Wildman–Crippen MR) is 93.8 cm³/mol. The van der Waals surface area contributed by atoms with Crippen LogP contribution >= 0.6 is 0 Å². The fourth-order valence-electron chi connectivity index (χ4n) is 3.51. The molecule has 6 nitrogen and oxygen atoms in total. The van der Waals surface area contributed by atoms with E-state index in [9.17, 15) is 0 Å². The Balaban J connectivity index is 1.71. The second-order valence-electron chi connectivity index (χ2n) is 6.30. The van der Waals surface area contributed by atoms with Gasteiger partial charge in [0.25, 0.3) is 0 Å². The first kappa shape index (κ1) is 16.3. The summed E-state index contributed by atoms with van der Waals surface area (Å²) in [7, 11) is 1.64. The molecule has 0 amide bonds. The lowest BCUT2D eigenvalue weighted by Gasteiger charge is -2.36. The zero-order chi connectivity index (χ0) is 17.1. The van der Waals surface area contributed by atoms with E-state index in [1.165, 1.54) is 11.1 Å². The molecule has 0 saturated carbocycles. The number of aromatic nitrogens is 1. The minimum atomic E-state index is 0.160. The first-order chi connectivity index (χ1) is 12.3. The van der Waals surface area contributed by atoms with Crippen LogP contribution in [0.3, 0.4) is 0 Å². The molecule has 0 spiro atoms. The van der Waals surface area contributed by atoms with E-state index in [2.05, 4.69) is 39.5 Å². The summed E-state index contributed by atoms with van der Waals surface area (Å²) in [4.78, 5) is 6.90. The highest BCUT2D eigenvalue weighted by Gasteiger charge is 2.25. The van der Waals surface area contributed by atoms with E-state index in [1.807, 2.05) is 12.3 Å². The van der Waals surface area contributed by atoms with Crippen LogP contribution < -0.4 is 14.8 Å². The third-order valence-corrected chi connectivity index (χ3v) is 4.76. The number of hydrogen-bond acceptors (Lipinski definition) is 6. The normalized spacial score (nSPS) is 18.9. The van der Waals surface area contributed by atoms with Crippen molar-refractivity contribution >= 4 is 0 Å². The molecule has 2 aliphatic rings. The summed E-state index contributed by atoms with van der Waals surface area (Å²) in [5.74, 6) is 1.55. The molecule has 1 unspecified atom stereocenters. The molecule has 1 aromatic carbocycles. The molecule has 25 heavy (non-hydrogen) atoms. The smallest absolute Gasteiger partial charge is 0.212 e. The number of methoxy groups -OCH3 is 1. The number of hydrogen-bond donors (Lipinski definition) is 1. The Kier molecular flexibility index (Phi) is 4.83. The van der Waals surface area contributed by atoms with Crippen LogP contribution in [0.5, 0.6) is 11.6 Å². The lowest BCUT2D eigenvalue weighted by atomic mass is 9.95. The van der Waals surface area contributed by atoms with Crippen LogP contribution in [0.1, 0.15) is 22.7 Å². The zero-order valence-corrected chi connectivity index (χ0v) is 14.4. The Hall–Kier alpha value is -2.15. The lowest BCUT2D eigenvalue weighted by molar-refractivity contribution is -0.0164. The molecule has 6 heteroatoms. The van der Waals surface area contributed by atoms with Crippen molar-refractivity contribution < 1.29 is 14.2 Å². The van der Waals surface area contributed by atoms with Crippen molar-refractivity contribution in [2.75, 3.05) is 40.1 Å². The van der Waals surface area contributed by atoms with Gasteiger partial charge in [0, 0.05) is 44.0 Å². The second-order valence-corrected chi connectivity index (χ2v) is 6.30. The van der Waals surface area contributed by atoms with Gasteiger partial charge in [-0.3, -0.25) is 4.90 Å². The SMILES string of the molecule is COc1ccc(C(c2ccc3c(c2)COCO3)N2CCNCC2)cn1. The number of fused-ring (bicyclic) bond motifs is 1. The molecule has 1 atom stereocenters. The van der Waals surface area contributed by atoms with Crippen LogP contribution in [0.4, 0.5) is 0 Å². The van der Waals surface area contributed by atoms with E-state index in [0.717, 1.165) is 37.5 Å². The third-order valence-electron chi connectivity index (χ3n) is 4.76. The molecular formula is C19H23N3O3. The Morgan fingerprint density at radius 3 is 2.76 bits per heavy atom. The highest BCUT2D eigenvalue weighted by molar-refractivity contribution is 5.42. The van der Waals surface area contributed by atoms with Gasteiger partial charge in [0.2, 0.25) is 5.88 Å². The molecule has 2 aromatic rings. The summed E-state index contributed by atoms with van der Waals surface area (Å²) >= 11 is 0. The standard InChI is InChI=1S/C19H23N3O3/c1-23-18-5-3-15(11-21-18)19(22-8-6-20-7-9-22)14-2-4-17-16(10-14)12-24-13-25-17/h2-5,10-11,19-20H,6-9,12-13H2,1H3. The van der Waals surface area contributed by atoms with Gasteiger partial charge in [-0.2, -0.15) is 0 Å². The number of nitrogens with zero attached hydrogens (tertiary/aromatic N) is 2. The molecule has 1 fully saturated rings. The number of pyridine rings is 1. The maximum absolute atomic E-state index is 5.56. The monoisotopic (exact) mass is 341 g/mol. The van der Waals surface area contributed by atoms with E-state index in [0.29, 0.717) is 19.3 Å². The van der Waals surface area contributed by atoms with Gasteiger partial charge in [-0.05, 0) is 23.3 Å². The van der Waals surface area contributed by atoms with E-state index in [4.69, 9.17) is 14.2 Å². The number of benzene rings is 1. The zero-order valence-electron chi connectivity index (χ0n) is 14.4. The van der Waals surface area contributed by atoms with Gasteiger partial charge in [-0.25, -0.2) is 4.98 Å². The van der Waals surface area contributed by atoms with Crippen LogP contribution in [-0.2, 0) is 11.3 Å². The van der Waals surface area contributed by atoms with E-state index in [1.54, 1.807) is 7.11 Å². The lowest BCUT2D eigenvalue weighted by Crippen LogP contribution is -2.45. The highest BCUT2D eigenvalue weighted by atomic mass is 16.7. The molecule has 132 valence electrons. The molecule has 4 rings (SSSR count). The summed E-state index contributed by atoms with van der Waals surface area (Å²) in [5.41, 5.74) is 3.51. The Morgan fingerprint density at radius 2 is 2.00 bits per heavy atom. The molecule has 1 N–H and O–H groups in total. The topological polar surface area (TPSA) is 55.9 Å². The van der Waals surface area contributed by atoms with Crippen molar-refractivity contribution in [2.24, 2.45) is 0 Å². The largest absolute Gasteiger partial charge is 0.481 e. The summed E-state index contributed by atoms with van der Waals surface area (Å²) < 4.78 is 16.2. The number of piperazine rings is 1. The number of rotatable bonds is 4. The molecule has 3 heterocycles. The van der Waals surface area contributed by atoms with Crippen molar-refractivity contribution in [3.63, 3.8) is 0 Å². The molecule has 1 aromatic heterocycles. The maximum atomic E-state index is 5.56. The predicted octanol–water partition coefficient (Wildman–Crippen LogP) is 1.95. The number of ether oxygens (including phenoxy) is 3. The average molecular weight is 341 g/mol. The quantitative estimate of drug-likeness (QED) is 0.917. The van der Waals surface area contributed by atoms with Gasteiger partial charge in [-0.1, -0.05) is 12.1 Å². The van der Waals surface area contributed by atoms with Crippen LogP contribution in [-0.4, -0.2) is 50.0 Å². The summed E-state index contributed by atoms with van der Waals surface area (Å²) in [5, 5.41) is 3.42. The molecule has 0 aliphatic carbocycles. The maximum Gasteiger partial charge on any atom is 0.212 e. The van der Waals surface area contributed by atoms with Crippen molar-refractivity contribution in [1.29, 1.82) is 0 Å². The Bertz CT molecular complexity index is 714. The average Bonchev–Trinajstić information content (AvgIpc) is 2.69. The first-order valence-corrected chi connectivity index (χ1v) is 8.63. The van der Waals surface area contributed by atoms with Gasteiger partial charge >= 0.3 is 0 Å². The fraction of sp³-hybridized carbons (Fsp3) is 0.421. The number of nitrogens with one attached hydrogen (secondary N) is 1. The van der Waals surface area contributed by atoms with Crippen LogP contribution in [0.25, 0.3) is 0 Å².